The summed E-state index contributed by atoms with van der Waals surface area (Å²) >= 11 is 0. The molecular formula is C25H21O+. The Bertz CT molecular complexity index is 976. The van der Waals surface area contributed by atoms with E-state index in [2.05, 4.69) is 80.6 Å². The Hall–Kier alpha value is -3.19. The maximum absolute atomic E-state index is 6.35. The van der Waals surface area contributed by atoms with Crippen LogP contribution in [0.15, 0.2) is 95.4 Å². The van der Waals surface area contributed by atoms with Gasteiger partial charge in [0.15, 0.2) is 0 Å². The third-order valence-electron chi connectivity index (χ3n) is 4.62. The van der Waals surface area contributed by atoms with Gasteiger partial charge in [0.1, 0.15) is 0 Å². The van der Waals surface area contributed by atoms with E-state index in [1.54, 1.807) is 0 Å². The standard InChI is InChI=1S/C25H21O/c1-18-13-14-19(2)23(15-18)25-17-22(20-9-5-3-6-10-20)16-24(26-25)21-11-7-4-8-12-21/h3-17H,1-2H3/q+1. The monoisotopic (exact) mass is 337 g/mol. The molecule has 4 aromatic rings. The molecule has 3 aromatic carbocycles. The fourth-order valence-corrected chi connectivity index (χ4v) is 3.18. The topological polar surface area (TPSA) is 11.3 Å². The summed E-state index contributed by atoms with van der Waals surface area (Å²) < 4.78 is 6.35. The van der Waals surface area contributed by atoms with E-state index in [0.29, 0.717) is 0 Å². The Balaban J connectivity index is 1.95. The van der Waals surface area contributed by atoms with E-state index < -0.39 is 0 Å². The van der Waals surface area contributed by atoms with Crippen LogP contribution in [-0.2, 0) is 0 Å². The van der Waals surface area contributed by atoms with Crippen LogP contribution in [0, 0.1) is 13.8 Å². The van der Waals surface area contributed by atoms with Gasteiger partial charge in [-0.1, -0.05) is 66.2 Å². The van der Waals surface area contributed by atoms with Crippen molar-refractivity contribution in [1.82, 2.24) is 0 Å². The molecule has 0 fully saturated rings. The van der Waals surface area contributed by atoms with Crippen LogP contribution in [0.2, 0.25) is 0 Å². The minimum Gasteiger partial charge on any atom is -0.207 e. The van der Waals surface area contributed by atoms with Gasteiger partial charge < -0.3 is 0 Å². The Kier molecular flexibility index (Phi) is 4.37. The van der Waals surface area contributed by atoms with Gasteiger partial charge in [0.25, 0.3) is 0 Å². The smallest absolute Gasteiger partial charge is 0.207 e. The molecule has 0 radical (unpaired) electrons. The van der Waals surface area contributed by atoms with E-state index in [4.69, 9.17) is 4.42 Å². The molecule has 0 amide bonds. The summed E-state index contributed by atoms with van der Waals surface area (Å²) in [4.78, 5) is 0. The van der Waals surface area contributed by atoms with Gasteiger partial charge in [-0.3, -0.25) is 0 Å². The lowest BCUT2D eigenvalue weighted by Gasteiger charge is -2.04. The summed E-state index contributed by atoms with van der Waals surface area (Å²) in [6.07, 6.45) is 0. The van der Waals surface area contributed by atoms with Crippen LogP contribution in [0.3, 0.4) is 0 Å². The van der Waals surface area contributed by atoms with Crippen molar-refractivity contribution in [2.75, 3.05) is 0 Å². The van der Waals surface area contributed by atoms with Gasteiger partial charge in [0.05, 0.1) is 23.3 Å². The van der Waals surface area contributed by atoms with Gasteiger partial charge in [-0.05, 0) is 43.2 Å². The lowest BCUT2D eigenvalue weighted by Crippen LogP contribution is -1.89. The molecule has 126 valence electrons. The molecule has 0 saturated carbocycles. The third kappa shape index (κ3) is 3.29. The van der Waals surface area contributed by atoms with Crippen LogP contribution in [0.4, 0.5) is 0 Å². The third-order valence-corrected chi connectivity index (χ3v) is 4.62. The van der Waals surface area contributed by atoms with Crippen molar-refractivity contribution in [2.45, 2.75) is 13.8 Å². The molecule has 0 spiro atoms. The lowest BCUT2D eigenvalue weighted by atomic mass is 9.99. The van der Waals surface area contributed by atoms with Gasteiger partial charge in [0, 0.05) is 5.56 Å². The molecule has 0 aliphatic heterocycles. The minimum atomic E-state index is 0.878. The Morgan fingerprint density at radius 2 is 1.15 bits per heavy atom. The molecule has 4 rings (SSSR count). The van der Waals surface area contributed by atoms with Gasteiger partial charge in [-0.25, -0.2) is 4.42 Å². The first-order valence-corrected chi connectivity index (χ1v) is 8.87. The number of hydrogen-bond acceptors (Lipinski definition) is 0. The van der Waals surface area contributed by atoms with E-state index in [9.17, 15) is 0 Å². The first-order valence-electron chi connectivity index (χ1n) is 8.87. The average molecular weight is 337 g/mol. The molecule has 1 aromatic heterocycles. The quantitative estimate of drug-likeness (QED) is 0.360. The summed E-state index contributed by atoms with van der Waals surface area (Å²) in [5.74, 6) is 1.77. The summed E-state index contributed by atoms with van der Waals surface area (Å²) in [5, 5.41) is 0. The maximum Gasteiger partial charge on any atom is 0.361 e. The highest BCUT2D eigenvalue weighted by Gasteiger charge is 2.21. The Morgan fingerprint density at radius 1 is 0.538 bits per heavy atom. The molecule has 0 atom stereocenters. The molecule has 1 nitrogen and oxygen atoms in total. The Morgan fingerprint density at radius 3 is 1.85 bits per heavy atom. The molecule has 0 bridgehead atoms. The van der Waals surface area contributed by atoms with E-state index in [1.807, 2.05) is 24.3 Å². The van der Waals surface area contributed by atoms with Crippen LogP contribution in [0.25, 0.3) is 33.8 Å². The van der Waals surface area contributed by atoms with Crippen LogP contribution in [-0.4, -0.2) is 0 Å². The first kappa shape index (κ1) is 16.3. The minimum absolute atomic E-state index is 0.878. The zero-order chi connectivity index (χ0) is 17.9. The molecule has 1 heteroatoms. The molecule has 0 aliphatic carbocycles. The molecule has 0 saturated heterocycles. The zero-order valence-electron chi connectivity index (χ0n) is 15.1. The number of rotatable bonds is 3. The van der Waals surface area contributed by atoms with Crippen LogP contribution < -0.4 is 0 Å². The number of benzene rings is 3. The van der Waals surface area contributed by atoms with Crippen molar-refractivity contribution < 1.29 is 4.42 Å². The largest absolute Gasteiger partial charge is 0.361 e. The molecule has 1 heterocycles. The lowest BCUT2D eigenvalue weighted by molar-refractivity contribution is 0.582. The number of hydrogen-bond donors (Lipinski definition) is 0. The van der Waals surface area contributed by atoms with Crippen molar-refractivity contribution in [3.63, 3.8) is 0 Å². The van der Waals surface area contributed by atoms with Gasteiger partial charge in [-0.15, -0.1) is 0 Å². The first-order chi connectivity index (χ1) is 12.7. The average Bonchev–Trinajstić information content (AvgIpc) is 2.71. The van der Waals surface area contributed by atoms with E-state index in [0.717, 1.165) is 28.2 Å². The van der Waals surface area contributed by atoms with Crippen molar-refractivity contribution in [3.8, 4) is 33.8 Å². The zero-order valence-corrected chi connectivity index (χ0v) is 15.1. The summed E-state index contributed by atoms with van der Waals surface area (Å²) in [7, 11) is 0. The second-order valence-corrected chi connectivity index (χ2v) is 6.63. The highest BCUT2D eigenvalue weighted by Crippen LogP contribution is 2.34. The van der Waals surface area contributed by atoms with Crippen molar-refractivity contribution >= 4 is 0 Å². The van der Waals surface area contributed by atoms with Gasteiger partial charge in [-0.2, -0.15) is 0 Å². The van der Waals surface area contributed by atoms with Crippen molar-refractivity contribution in [3.05, 3.63) is 102 Å². The highest BCUT2D eigenvalue weighted by molar-refractivity contribution is 5.75. The maximum atomic E-state index is 6.35. The van der Waals surface area contributed by atoms with E-state index >= 15 is 0 Å². The predicted molar refractivity (Wildman–Crippen MR) is 109 cm³/mol. The van der Waals surface area contributed by atoms with Gasteiger partial charge >= 0.3 is 11.5 Å². The highest BCUT2D eigenvalue weighted by atomic mass is 16.3. The summed E-state index contributed by atoms with van der Waals surface area (Å²) in [6.45, 7) is 4.24. The Labute approximate surface area is 154 Å². The molecule has 0 unspecified atom stereocenters. The van der Waals surface area contributed by atoms with Crippen LogP contribution >= 0.6 is 0 Å². The summed E-state index contributed by atoms with van der Waals surface area (Å²) in [5.41, 5.74) is 7.01. The summed E-state index contributed by atoms with van der Waals surface area (Å²) in [6, 6.07) is 31.5. The fourth-order valence-electron chi connectivity index (χ4n) is 3.18. The molecule has 26 heavy (non-hydrogen) atoms. The SMILES string of the molecule is Cc1ccc(C)c(-c2cc(-c3ccccc3)cc(-c3ccccc3)[o+]2)c1. The normalized spacial score (nSPS) is 10.7. The van der Waals surface area contributed by atoms with E-state index in [-0.39, 0.29) is 0 Å². The van der Waals surface area contributed by atoms with Crippen molar-refractivity contribution in [2.24, 2.45) is 0 Å². The molecule has 0 aliphatic rings. The molecular weight excluding hydrogens is 316 g/mol. The fraction of sp³-hybridized carbons (Fsp3) is 0.0800. The van der Waals surface area contributed by atoms with Crippen LogP contribution in [0.5, 0.6) is 0 Å². The van der Waals surface area contributed by atoms with Crippen LogP contribution in [0.1, 0.15) is 11.1 Å². The van der Waals surface area contributed by atoms with Gasteiger partial charge in [0.2, 0.25) is 0 Å². The number of aryl methyl sites for hydroxylation is 2. The predicted octanol–water partition coefficient (Wildman–Crippen LogP) is 7.18. The van der Waals surface area contributed by atoms with Crippen molar-refractivity contribution in [1.29, 1.82) is 0 Å². The van der Waals surface area contributed by atoms with E-state index in [1.165, 1.54) is 16.7 Å². The second-order valence-electron chi connectivity index (χ2n) is 6.63. The molecule has 0 N–H and O–H groups in total. The second kappa shape index (κ2) is 6.97.